The smallest absolute Gasteiger partial charge is 0.146 e. The van der Waals surface area contributed by atoms with E-state index < -0.39 is 0 Å². The summed E-state index contributed by atoms with van der Waals surface area (Å²) in [6, 6.07) is 7.86. The van der Waals surface area contributed by atoms with Gasteiger partial charge in [0, 0.05) is 30.3 Å². The molecule has 1 heterocycles. The minimum Gasteiger partial charge on any atom is -0.306 e. The lowest BCUT2D eigenvalue weighted by molar-refractivity contribution is -0.115. The van der Waals surface area contributed by atoms with Gasteiger partial charge in [0.15, 0.2) is 0 Å². The number of benzene rings is 1. The van der Waals surface area contributed by atoms with Crippen molar-refractivity contribution in [3.63, 3.8) is 0 Å². The highest BCUT2D eigenvalue weighted by molar-refractivity contribution is 7.81. The highest BCUT2D eigenvalue weighted by atomic mass is 32.1. The second kappa shape index (κ2) is 4.99. The molecule has 0 saturated carbocycles. The fraction of sp³-hybridized carbons (Fsp3) is 0.167. The Bertz CT molecular complexity index is 462. The van der Waals surface area contributed by atoms with Crippen molar-refractivity contribution in [2.24, 2.45) is 0 Å². The summed E-state index contributed by atoms with van der Waals surface area (Å²) in [7, 11) is 0. The van der Waals surface area contributed by atoms with Crippen LogP contribution < -0.4 is 0 Å². The second-order valence-electron chi connectivity index (χ2n) is 3.51. The van der Waals surface area contributed by atoms with Crippen molar-refractivity contribution in [3.05, 3.63) is 48.5 Å². The molecule has 82 valence electrons. The van der Waals surface area contributed by atoms with Crippen LogP contribution in [0.25, 0.3) is 5.69 Å². The lowest BCUT2D eigenvalue weighted by Gasteiger charge is -2.03. The van der Waals surface area contributed by atoms with E-state index >= 15 is 0 Å². The Morgan fingerprint density at radius 2 is 2.06 bits per heavy atom. The standard InChI is InChI=1S/C12H12N2OS/c15-12(8-16)7-10-1-3-11(4-2-10)14-6-5-13-9-14/h1-6,9,16H,7-8H2. The molecule has 0 spiro atoms. The maximum absolute atomic E-state index is 11.2. The average Bonchev–Trinajstić information content (AvgIpc) is 2.83. The number of nitrogens with zero attached hydrogens (tertiary/aromatic N) is 2. The SMILES string of the molecule is O=C(CS)Cc1ccc(-n2ccnc2)cc1. The summed E-state index contributed by atoms with van der Waals surface area (Å²) in [5, 5.41) is 0. The van der Waals surface area contributed by atoms with Crippen molar-refractivity contribution in [3.8, 4) is 5.69 Å². The van der Waals surface area contributed by atoms with Gasteiger partial charge in [0.25, 0.3) is 0 Å². The number of ketones is 1. The number of aromatic nitrogens is 2. The monoisotopic (exact) mass is 232 g/mol. The Kier molecular flexibility index (Phi) is 3.41. The molecule has 0 atom stereocenters. The van der Waals surface area contributed by atoms with Crippen molar-refractivity contribution in [1.29, 1.82) is 0 Å². The predicted molar refractivity (Wildman–Crippen MR) is 66.1 cm³/mol. The van der Waals surface area contributed by atoms with Crippen LogP contribution in [0.4, 0.5) is 0 Å². The molecule has 0 aliphatic heterocycles. The lowest BCUT2D eigenvalue weighted by atomic mass is 10.1. The first-order valence-electron chi connectivity index (χ1n) is 4.99. The molecule has 3 nitrogen and oxygen atoms in total. The van der Waals surface area contributed by atoms with E-state index in [1.54, 1.807) is 12.5 Å². The van der Waals surface area contributed by atoms with E-state index in [1.165, 1.54) is 0 Å². The molecule has 2 rings (SSSR count). The van der Waals surface area contributed by atoms with Gasteiger partial charge < -0.3 is 4.57 Å². The predicted octanol–water partition coefficient (Wildman–Crippen LogP) is 1.91. The molecule has 0 aliphatic carbocycles. The van der Waals surface area contributed by atoms with Crippen LogP contribution in [0.2, 0.25) is 0 Å². The Morgan fingerprint density at radius 3 is 2.62 bits per heavy atom. The molecule has 0 aliphatic rings. The van der Waals surface area contributed by atoms with Gasteiger partial charge in [-0.15, -0.1) is 0 Å². The number of hydrogen-bond acceptors (Lipinski definition) is 3. The molecule has 0 amide bonds. The maximum Gasteiger partial charge on any atom is 0.146 e. The molecule has 1 aromatic heterocycles. The van der Waals surface area contributed by atoms with E-state index in [1.807, 2.05) is 35.0 Å². The quantitative estimate of drug-likeness (QED) is 0.817. The van der Waals surface area contributed by atoms with Gasteiger partial charge in [-0.2, -0.15) is 12.6 Å². The Labute approximate surface area is 99.5 Å². The zero-order valence-corrected chi connectivity index (χ0v) is 9.60. The first kappa shape index (κ1) is 11.0. The first-order valence-corrected chi connectivity index (χ1v) is 5.62. The van der Waals surface area contributed by atoms with Crippen LogP contribution in [-0.4, -0.2) is 21.1 Å². The average molecular weight is 232 g/mol. The van der Waals surface area contributed by atoms with Gasteiger partial charge >= 0.3 is 0 Å². The van der Waals surface area contributed by atoms with Crippen LogP contribution >= 0.6 is 12.6 Å². The lowest BCUT2D eigenvalue weighted by Crippen LogP contribution is -2.03. The zero-order chi connectivity index (χ0) is 11.4. The minimum atomic E-state index is 0.138. The van der Waals surface area contributed by atoms with Crippen molar-refractivity contribution >= 4 is 18.4 Å². The summed E-state index contributed by atoms with van der Waals surface area (Å²) in [5.41, 5.74) is 2.06. The summed E-state index contributed by atoms with van der Waals surface area (Å²) < 4.78 is 1.92. The van der Waals surface area contributed by atoms with Crippen LogP contribution in [-0.2, 0) is 11.2 Å². The normalized spacial score (nSPS) is 10.3. The molecular weight excluding hydrogens is 220 g/mol. The molecule has 0 fully saturated rings. The molecule has 0 unspecified atom stereocenters. The molecule has 0 saturated heterocycles. The van der Waals surface area contributed by atoms with Crippen LogP contribution in [0, 0.1) is 0 Å². The number of hydrogen-bond donors (Lipinski definition) is 1. The number of Topliss-reactive ketones (excluding diaryl/α,β-unsaturated/α-hetero) is 1. The number of carbonyl (C=O) groups is 1. The van der Waals surface area contributed by atoms with E-state index in [4.69, 9.17) is 0 Å². The largest absolute Gasteiger partial charge is 0.306 e. The van der Waals surface area contributed by atoms with Gasteiger partial charge in [-0.1, -0.05) is 12.1 Å². The van der Waals surface area contributed by atoms with Crippen LogP contribution in [0.15, 0.2) is 43.0 Å². The van der Waals surface area contributed by atoms with E-state index in [0.717, 1.165) is 11.3 Å². The van der Waals surface area contributed by atoms with Gasteiger partial charge in [0.05, 0.1) is 6.33 Å². The molecule has 1 aromatic carbocycles. The van der Waals surface area contributed by atoms with E-state index in [2.05, 4.69) is 17.6 Å². The molecule has 0 bridgehead atoms. The number of thiol groups is 1. The zero-order valence-electron chi connectivity index (χ0n) is 8.71. The summed E-state index contributed by atoms with van der Waals surface area (Å²) in [5.74, 6) is 0.433. The van der Waals surface area contributed by atoms with Crippen molar-refractivity contribution < 1.29 is 4.79 Å². The van der Waals surface area contributed by atoms with Gasteiger partial charge in [-0.3, -0.25) is 4.79 Å². The van der Waals surface area contributed by atoms with E-state index in [9.17, 15) is 4.79 Å². The van der Waals surface area contributed by atoms with Crippen LogP contribution in [0.1, 0.15) is 5.56 Å². The summed E-state index contributed by atoms with van der Waals surface area (Å²) in [6.07, 6.45) is 5.81. The number of carbonyl (C=O) groups excluding carboxylic acids is 1. The summed E-state index contributed by atoms with van der Waals surface area (Å²) >= 11 is 3.95. The fourth-order valence-corrected chi connectivity index (χ4v) is 1.59. The maximum atomic E-state index is 11.2. The third-order valence-corrected chi connectivity index (χ3v) is 2.67. The highest BCUT2D eigenvalue weighted by Crippen LogP contribution is 2.10. The van der Waals surface area contributed by atoms with Gasteiger partial charge in [0.1, 0.15) is 5.78 Å². The summed E-state index contributed by atoms with van der Waals surface area (Å²) in [6.45, 7) is 0. The third kappa shape index (κ3) is 2.52. The molecule has 0 N–H and O–H groups in total. The number of rotatable bonds is 4. The highest BCUT2D eigenvalue weighted by Gasteiger charge is 2.01. The molecule has 2 aromatic rings. The Balaban J connectivity index is 2.14. The van der Waals surface area contributed by atoms with Crippen molar-refractivity contribution in [2.75, 3.05) is 5.75 Å². The van der Waals surface area contributed by atoms with Crippen LogP contribution in [0.3, 0.4) is 0 Å². The second-order valence-corrected chi connectivity index (χ2v) is 3.83. The molecule has 16 heavy (non-hydrogen) atoms. The van der Waals surface area contributed by atoms with Gasteiger partial charge in [-0.05, 0) is 17.7 Å². The molecule has 4 heteroatoms. The fourth-order valence-electron chi connectivity index (χ4n) is 1.48. The summed E-state index contributed by atoms with van der Waals surface area (Å²) in [4.78, 5) is 15.2. The van der Waals surface area contributed by atoms with Crippen molar-refractivity contribution in [2.45, 2.75) is 6.42 Å². The number of imidazole rings is 1. The van der Waals surface area contributed by atoms with E-state index in [-0.39, 0.29) is 5.78 Å². The van der Waals surface area contributed by atoms with E-state index in [0.29, 0.717) is 12.2 Å². The van der Waals surface area contributed by atoms with Gasteiger partial charge in [0.2, 0.25) is 0 Å². The van der Waals surface area contributed by atoms with Gasteiger partial charge in [-0.25, -0.2) is 4.98 Å². The Morgan fingerprint density at radius 1 is 1.31 bits per heavy atom. The molecule has 0 radical (unpaired) electrons. The van der Waals surface area contributed by atoms with Crippen LogP contribution in [0.5, 0.6) is 0 Å². The first-order chi connectivity index (χ1) is 7.79. The van der Waals surface area contributed by atoms with Crippen molar-refractivity contribution in [1.82, 2.24) is 9.55 Å². The molecular formula is C12H12N2OS. The minimum absolute atomic E-state index is 0.138. The topological polar surface area (TPSA) is 34.9 Å². The third-order valence-electron chi connectivity index (χ3n) is 2.32. The Hall–Kier alpha value is -1.55.